The van der Waals surface area contributed by atoms with E-state index in [4.69, 9.17) is 4.74 Å². The summed E-state index contributed by atoms with van der Waals surface area (Å²) in [7, 11) is 0. The zero-order valence-corrected chi connectivity index (χ0v) is 12.7. The Hall–Kier alpha value is -2.36. The van der Waals surface area contributed by atoms with Crippen molar-refractivity contribution < 1.29 is 14.3 Å². The lowest BCUT2D eigenvalue weighted by molar-refractivity contribution is -0.131. The molecular formula is C17H19NO3. The fraction of sp³-hybridized carbons (Fsp3) is 0.294. The Morgan fingerprint density at radius 2 is 1.62 bits per heavy atom. The highest BCUT2D eigenvalue weighted by molar-refractivity contribution is 5.99. The van der Waals surface area contributed by atoms with E-state index in [9.17, 15) is 9.59 Å². The van der Waals surface area contributed by atoms with Gasteiger partial charge in [0.1, 0.15) is 5.75 Å². The maximum Gasteiger partial charge on any atom is 0.308 e. The van der Waals surface area contributed by atoms with Crippen LogP contribution in [0.4, 0.5) is 0 Å². The molecule has 1 N–H and O–H groups in total. The lowest BCUT2D eigenvalue weighted by Gasteiger charge is -2.20. The van der Waals surface area contributed by atoms with Gasteiger partial charge in [-0.3, -0.25) is 9.59 Å². The van der Waals surface area contributed by atoms with E-state index in [2.05, 4.69) is 5.32 Å². The summed E-state index contributed by atoms with van der Waals surface area (Å²) in [4.78, 5) is 23.1. The van der Waals surface area contributed by atoms with Crippen molar-refractivity contribution in [2.45, 2.75) is 33.2 Å². The van der Waals surface area contributed by atoms with Crippen LogP contribution in [-0.4, -0.2) is 17.4 Å². The number of hydrogen-bond acceptors (Lipinski definition) is 3. The van der Waals surface area contributed by atoms with Crippen LogP contribution in [0.5, 0.6) is 5.75 Å². The molecule has 0 fully saturated rings. The van der Waals surface area contributed by atoms with Gasteiger partial charge < -0.3 is 10.1 Å². The average Bonchev–Trinajstić information content (AvgIpc) is 2.35. The maximum absolute atomic E-state index is 12.1. The summed E-state index contributed by atoms with van der Waals surface area (Å²) < 4.78 is 5.05. The fourth-order valence-corrected chi connectivity index (χ4v) is 2.01. The van der Waals surface area contributed by atoms with Crippen molar-refractivity contribution in [3.8, 4) is 5.75 Å². The molecule has 110 valence electrons. The first-order valence-corrected chi connectivity index (χ1v) is 6.79. The van der Waals surface area contributed by atoms with Crippen LogP contribution in [0, 0.1) is 0 Å². The molecule has 0 radical (unpaired) electrons. The summed E-state index contributed by atoms with van der Waals surface area (Å²) in [5, 5.41) is 4.77. The van der Waals surface area contributed by atoms with E-state index in [0.29, 0.717) is 11.3 Å². The molecule has 2 rings (SSSR count). The molecule has 2 aromatic rings. The lowest BCUT2D eigenvalue weighted by Crippen LogP contribution is -2.40. The number of rotatable bonds is 2. The predicted octanol–water partition coefficient (Wildman–Crippen LogP) is 3.29. The van der Waals surface area contributed by atoms with E-state index in [1.54, 1.807) is 18.2 Å². The second kappa shape index (κ2) is 5.56. The number of fused-ring (bicyclic) bond motifs is 1. The Morgan fingerprint density at radius 3 is 2.24 bits per heavy atom. The van der Waals surface area contributed by atoms with E-state index < -0.39 is 0 Å². The minimum atomic E-state index is -0.351. The minimum absolute atomic E-state index is 0.103. The van der Waals surface area contributed by atoms with Gasteiger partial charge in [-0.25, -0.2) is 0 Å². The van der Waals surface area contributed by atoms with Gasteiger partial charge in [-0.15, -0.1) is 0 Å². The Kier molecular flexibility index (Phi) is 3.98. The summed E-state index contributed by atoms with van der Waals surface area (Å²) in [5.74, 6) is 0.0471. The molecule has 0 atom stereocenters. The summed E-state index contributed by atoms with van der Waals surface area (Å²) >= 11 is 0. The van der Waals surface area contributed by atoms with Crippen molar-refractivity contribution in [2.75, 3.05) is 0 Å². The van der Waals surface area contributed by atoms with Crippen molar-refractivity contribution in [1.29, 1.82) is 0 Å². The number of esters is 1. The summed E-state index contributed by atoms with van der Waals surface area (Å²) in [6.45, 7) is 7.19. The van der Waals surface area contributed by atoms with E-state index in [-0.39, 0.29) is 17.4 Å². The first kappa shape index (κ1) is 15.0. The molecule has 1 amide bonds. The highest BCUT2D eigenvalue weighted by Crippen LogP contribution is 2.22. The number of nitrogens with one attached hydrogen (secondary N) is 1. The van der Waals surface area contributed by atoms with Crippen LogP contribution < -0.4 is 10.1 Å². The van der Waals surface area contributed by atoms with Crippen molar-refractivity contribution in [3.05, 3.63) is 42.0 Å². The van der Waals surface area contributed by atoms with Gasteiger partial charge in [-0.2, -0.15) is 0 Å². The van der Waals surface area contributed by atoms with Crippen molar-refractivity contribution in [1.82, 2.24) is 5.32 Å². The van der Waals surface area contributed by atoms with Gasteiger partial charge in [-0.05, 0) is 55.8 Å². The van der Waals surface area contributed by atoms with Crippen LogP contribution in [0.1, 0.15) is 38.1 Å². The molecule has 4 heteroatoms. The highest BCUT2D eigenvalue weighted by atomic mass is 16.5. The van der Waals surface area contributed by atoms with Crippen LogP contribution in [0.3, 0.4) is 0 Å². The van der Waals surface area contributed by atoms with E-state index in [0.717, 1.165) is 10.8 Å². The van der Waals surface area contributed by atoms with Gasteiger partial charge in [0, 0.05) is 18.0 Å². The molecule has 0 aromatic heterocycles. The normalized spacial score (nSPS) is 11.2. The first-order valence-electron chi connectivity index (χ1n) is 6.79. The van der Waals surface area contributed by atoms with Crippen molar-refractivity contribution in [2.24, 2.45) is 0 Å². The molecule has 0 bridgehead atoms. The molecule has 2 aromatic carbocycles. The number of amides is 1. The zero-order chi connectivity index (χ0) is 15.6. The zero-order valence-electron chi connectivity index (χ0n) is 12.7. The second-order valence-electron chi connectivity index (χ2n) is 6.02. The third-order valence-corrected chi connectivity index (χ3v) is 2.82. The van der Waals surface area contributed by atoms with Crippen LogP contribution >= 0.6 is 0 Å². The largest absolute Gasteiger partial charge is 0.427 e. The number of ether oxygens (including phenoxy) is 1. The van der Waals surface area contributed by atoms with Gasteiger partial charge in [0.15, 0.2) is 0 Å². The Balaban J connectivity index is 2.30. The van der Waals surface area contributed by atoms with E-state index in [1.165, 1.54) is 6.92 Å². The molecule has 0 aliphatic heterocycles. The van der Waals surface area contributed by atoms with Crippen LogP contribution in [-0.2, 0) is 4.79 Å². The van der Waals surface area contributed by atoms with Gasteiger partial charge in [0.2, 0.25) is 0 Å². The number of carbonyl (C=O) groups is 2. The van der Waals surface area contributed by atoms with Gasteiger partial charge >= 0.3 is 5.97 Å². The molecule has 0 saturated heterocycles. The minimum Gasteiger partial charge on any atom is -0.427 e. The highest BCUT2D eigenvalue weighted by Gasteiger charge is 2.15. The van der Waals surface area contributed by atoms with Crippen LogP contribution in [0.25, 0.3) is 10.8 Å². The average molecular weight is 285 g/mol. The molecule has 21 heavy (non-hydrogen) atoms. The monoisotopic (exact) mass is 285 g/mol. The number of benzene rings is 2. The molecule has 0 unspecified atom stereocenters. The maximum atomic E-state index is 12.1. The summed E-state index contributed by atoms with van der Waals surface area (Å²) in [5.41, 5.74) is 0.336. The number of hydrogen-bond donors (Lipinski definition) is 1. The Labute approximate surface area is 124 Å². The quantitative estimate of drug-likeness (QED) is 0.680. The van der Waals surface area contributed by atoms with Gasteiger partial charge in [-0.1, -0.05) is 12.1 Å². The topological polar surface area (TPSA) is 55.4 Å². The molecule has 0 aliphatic rings. The van der Waals surface area contributed by atoms with Crippen LogP contribution in [0.2, 0.25) is 0 Å². The second-order valence-corrected chi connectivity index (χ2v) is 6.02. The van der Waals surface area contributed by atoms with Gasteiger partial charge in [0.25, 0.3) is 5.91 Å². The van der Waals surface area contributed by atoms with Crippen molar-refractivity contribution in [3.63, 3.8) is 0 Å². The summed E-state index contributed by atoms with van der Waals surface area (Å²) in [6, 6.07) is 10.8. The SMILES string of the molecule is CC(=O)Oc1ccc2cc(C(=O)NC(C)(C)C)ccc2c1. The fourth-order valence-electron chi connectivity index (χ4n) is 2.01. The number of carbonyl (C=O) groups excluding carboxylic acids is 2. The van der Waals surface area contributed by atoms with E-state index in [1.807, 2.05) is 39.0 Å². The molecule has 0 saturated carbocycles. The summed E-state index contributed by atoms with van der Waals surface area (Å²) in [6.07, 6.45) is 0. The standard InChI is InChI=1S/C17H19NO3/c1-11(19)21-15-8-7-12-9-14(6-5-13(12)10-15)16(20)18-17(2,3)4/h5-10H,1-4H3,(H,18,20). The Bertz CT molecular complexity index is 699. The first-order chi connectivity index (χ1) is 9.74. The lowest BCUT2D eigenvalue weighted by atomic mass is 10.0. The smallest absolute Gasteiger partial charge is 0.308 e. The predicted molar refractivity (Wildman–Crippen MR) is 82.5 cm³/mol. The third kappa shape index (κ3) is 4.05. The van der Waals surface area contributed by atoms with Crippen molar-refractivity contribution >= 4 is 22.6 Å². The molecule has 4 nitrogen and oxygen atoms in total. The van der Waals surface area contributed by atoms with Gasteiger partial charge in [0.05, 0.1) is 0 Å². The Morgan fingerprint density at radius 1 is 1.00 bits per heavy atom. The molecule has 0 aliphatic carbocycles. The molecule has 0 heterocycles. The third-order valence-electron chi connectivity index (χ3n) is 2.82. The molecular weight excluding hydrogens is 266 g/mol. The van der Waals surface area contributed by atoms with Crippen LogP contribution in [0.15, 0.2) is 36.4 Å². The molecule has 0 spiro atoms. The van der Waals surface area contributed by atoms with E-state index >= 15 is 0 Å².